The van der Waals surface area contributed by atoms with Gasteiger partial charge in [0.25, 0.3) is 0 Å². The van der Waals surface area contributed by atoms with Crippen LogP contribution in [0.4, 0.5) is 18.9 Å². The molecule has 0 radical (unpaired) electrons. The smallest absolute Gasteiger partial charge is 0.416 e. The quantitative estimate of drug-likeness (QED) is 0.567. The van der Waals surface area contributed by atoms with Crippen LogP contribution in [0.2, 0.25) is 0 Å². The van der Waals surface area contributed by atoms with Crippen molar-refractivity contribution in [1.82, 2.24) is 0 Å². The Balaban J connectivity index is 1.90. The van der Waals surface area contributed by atoms with Crippen molar-refractivity contribution in [3.05, 3.63) is 59.2 Å². The van der Waals surface area contributed by atoms with E-state index in [2.05, 4.69) is 11.0 Å². The van der Waals surface area contributed by atoms with Crippen LogP contribution < -0.4 is 9.64 Å². The minimum absolute atomic E-state index is 0.256. The van der Waals surface area contributed by atoms with Crippen molar-refractivity contribution in [1.29, 1.82) is 5.26 Å². The molecule has 28 heavy (non-hydrogen) atoms. The molecule has 7 heteroatoms. The zero-order valence-corrected chi connectivity index (χ0v) is 15.3. The Bertz CT molecular complexity index is 893. The maximum Gasteiger partial charge on any atom is 0.416 e. The molecule has 0 amide bonds. The molecular formula is C21H19F3N2O2. The number of hydrogen-bond donors (Lipinski definition) is 0. The number of allylic oxidation sites excluding steroid dienone is 1. The van der Waals surface area contributed by atoms with Crippen molar-refractivity contribution >= 4 is 17.3 Å². The molecule has 0 N–H and O–H groups in total. The topological polar surface area (TPSA) is 45.5 Å². The Labute approximate surface area is 161 Å². The zero-order chi connectivity index (χ0) is 20.1. The van der Waals surface area contributed by atoms with E-state index in [0.29, 0.717) is 30.1 Å². The van der Waals surface area contributed by atoms with Crippen LogP contribution in [0.5, 0.6) is 5.75 Å². The van der Waals surface area contributed by atoms with Gasteiger partial charge in [-0.1, -0.05) is 12.1 Å². The first-order valence-corrected chi connectivity index (χ1v) is 8.72. The fraction of sp³-hybridized carbons (Fsp3) is 0.286. The number of anilines is 1. The first kappa shape index (κ1) is 19.8. The van der Waals surface area contributed by atoms with Gasteiger partial charge in [-0.3, -0.25) is 0 Å². The summed E-state index contributed by atoms with van der Waals surface area (Å²) in [5.74, 6) is 0.587. The van der Waals surface area contributed by atoms with Crippen LogP contribution in [0.3, 0.4) is 0 Å². The predicted molar refractivity (Wildman–Crippen MR) is 101 cm³/mol. The molecule has 0 atom stereocenters. The highest BCUT2D eigenvalue weighted by molar-refractivity contribution is 5.91. The summed E-state index contributed by atoms with van der Waals surface area (Å²) in [6, 6.07) is 12.2. The maximum absolute atomic E-state index is 12.7. The molecular weight excluding hydrogens is 369 g/mol. The standard InChI is InChI=1S/C21H19F3N2O2/c1-27-20-13-19(26-8-10-28-11-9-26)7-4-16(20)12-17(14-25)15-2-5-18(6-3-15)21(22,23)24/h2-7,12-13H,8-11H2,1H3/b17-12-. The van der Waals surface area contributed by atoms with Crippen molar-refractivity contribution in [2.75, 3.05) is 38.3 Å². The van der Waals surface area contributed by atoms with E-state index in [4.69, 9.17) is 9.47 Å². The van der Waals surface area contributed by atoms with Gasteiger partial charge in [-0.05, 0) is 35.9 Å². The maximum atomic E-state index is 12.7. The second-order valence-corrected chi connectivity index (χ2v) is 6.27. The second-order valence-electron chi connectivity index (χ2n) is 6.27. The van der Waals surface area contributed by atoms with Crippen LogP contribution in [0.1, 0.15) is 16.7 Å². The average molecular weight is 388 g/mol. The number of nitriles is 1. The highest BCUT2D eigenvalue weighted by Gasteiger charge is 2.30. The van der Waals surface area contributed by atoms with E-state index in [0.717, 1.165) is 30.9 Å². The Kier molecular flexibility index (Phi) is 5.90. The van der Waals surface area contributed by atoms with Crippen molar-refractivity contribution in [2.45, 2.75) is 6.18 Å². The lowest BCUT2D eigenvalue weighted by atomic mass is 10.0. The molecule has 0 spiro atoms. The molecule has 1 aliphatic rings. The summed E-state index contributed by atoms with van der Waals surface area (Å²) in [5, 5.41) is 9.49. The third-order valence-electron chi connectivity index (χ3n) is 4.54. The van der Waals surface area contributed by atoms with E-state index < -0.39 is 11.7 Å². The first-order chi connectivity index (χ1) is 13.4. The van der Waals surface area contributed by atoms with E-state index in [1.54, 1.807) is 13.2 Å². The fourth-order valence-corrected chi connectivity index (χ4v) is 3.01. The fourth-order valence-electron chi connectivity index (χ4n) is 3.01. The van der Waals surface area contributed by atoms with Crippen LogP contribution in [0.15, 0.2) is 42.5 Å². The van der Waals surface area contributed by atoms with Crippen molar-refractivity contribution in [2.24, 2.45) is 0 Å². The van der Waals surface area contributed by atoms with Crippen molar-refractivity contribution in [3.63, 3.8) is 0 Å². The van der Waals surface area contributed by atoms with Crippen LogP contribution in [0, 0.1) is 11.3 Å². The number of halogens is 3. The summed E-state index contributed by atoms with van der Waals surface area (Å²) in [5.41, 5.74) is 1.59. The minimum Gasteiger partial charge on any atom is -0.496 e. The summed E-state index contributed by atoms with van der Waals surface area (Å²) in [4.78, 5) is 2.18. The van der Waals surface area contributed by atoms with Gasteiger partial charge in [0.15, 0.2) is 0 Å². The number of methoxy groups -OCH3 is 1. The number of nitrogens with zero attached hydrogens (tertiary/aromatic N) is 2. The molecule has 1 saturated heterocycles. The van der Waals surface area contributed by atoms with Gasteiger partial charge >= 0.3 is 6.18 Å². The summed E-state index contributed by atoms with van der Waals surface area (Å²) in [7, 11) is 1.54. The number of benzene rings is 2. The van der Waals surface area contributed by atoms with Crippen LogP contribution in [-0.4, -0.2) is 33.4 Å². The second kappa shape index (κ2) is 8.36. The van der Waals surface area contributed by atoms with Gasteiger partial charge in [-0.15, -0.1) is 0 Å². The monoisotopic (exact) mass is 388 g/mol. The van der Waals surface area contributed by atoms with Gasteiger partial charge in [0, 0.05) is 30.4 Å². The lowest BCUT2D eigenvalue weighted by Gasteiger charge is -2.29. The molecule has 0 aliphatic carbocycles. The zero-order valence-electron chi connectivity index (χ0n) is 15.3. The van der Waals surface area contributed by atoms with Gasteiger partial charge in [-0.25, -0.2) is 0 Å². The highest BCUT2D eigenvalue weighted by Crippen LogP contribution is 2.32. The molecule has 1 fully saturated rings. The molecule has 4 nitrogen and oxygen atoms in total. The van der Waals surface area contributed by atoms with Crippen molar-refractivity contribution in [3.8, 4) is 11.8 Å². The lowest BCUT2D eigenvalue weighted by Crippen LogP contribution is -2.36. The summed E-state index contributed by atoms with van der Waals surface area (Å²) < 4.78 is 49.0. The highest BCUT2D eigenvalue weighted by atomic mass is 19.4. The summed E-state index contributed by atoms with van der Waals surface area (Å²) in [6.45, 7) is 2.90. The number of ether oxygens (including phenoxy) is 2. The van der Waals surface area contributed by atoms with E-state index in [9.17, 15) is 18.4 Å². The molecule has 0 saturated carbocycles. The Morgan fingerprint density at radius 3 is 2.39 bits per heavy atom. The van der Waals surface area contributed by atoms with Crippen molar-refractivity contribution < 1.29 is 22.6 Å². The number of alkyl halides is 3. The predicted octanol–water partition coefficient (Wildman–Crippen LogP) is 4.61. The average Bonchev–Trinajstić information content (AvgIpc) is 2.72. The Morgan fingerprint density at radius 1 is 1.14 bits per heavy atom. The summed E-state index contributed by atoms with van der Waals surface area (Å²) >= 11 is 0. The van der Waals surface area contributed by atoms with E-state index in [1.807, 2.05) is 18.2 Å². The van der Waals surface area contributed by atoms with Crippen LogP contribution in [-0.2, 0) is 10.9 Å². The molecule has 0 aromatic heterocycles. The van der Waals surface area contributed by atoms with Gasteiger partial charge < -0.3 is 14.4 Å². The largest absolute Gasteiger partial charge is 0.496 e. The first-order valence-electron chi connectivity index (χ1n) is 8.72. The third kappa shape index (κ3) is 4.46. The lowest BCUT2D eigenvalue weighted by molar-refractivity contribution is -0.137. The third-order valence-corrected chi connectivity index (χ3v) is 4.54. The van der Waals surface area contributed by atoms with Crippen LogP contribution in [0.25, 0.3) is 11.6 Å². The Hall–Kier alpha value is -2.98. The number of morpholine rings is 1. The van der Waals surface area contributed by atoms with Gasteiger partial charge in [-0.2, -0.15) is 18.4 Å². The molecule has 2 aromatic rings. The molecule has 146 valence electrons. The Morgan fingerprint density at radius 2 is 1.82 bits per heavy atom. The molecule has 0 bridgehead atoms. The molecule has 1 aliphatic heterocycles. The SMILES string of the molecule is COc1cc(N2CCOCC2)ccc1/C=C(/C#N)c1ccc(C(F)(F)F)cc1. The van der Waals surface area contributed by atoms with Gasteiger partial charge in [0.2, 0.25) is 0 Å². The van der Waals surface area contributed by atoms with Gasteiger partial charge in [0.05, 0.1) is 37.5 Å². The van der Waals surface area contributed by atoms with Crippen LogP contribution >= 0.6 is 0 Å². The summed E-state index contributed by atoms with van der Waals surface area (Å²) in [6.07, 6.45) is -2.79. The molecule has 1 heterocycles. The van der Waals surface area contributed by atoms with E-state index in [-0.39, 0.29) is 5.57 Å². The number of rotatable bonds is 4. The number of hydrogen-bond acceptors (Lipinski definition) is 4. The molecule has 3 rings (SSSR count). The molecule has 0 unspecified atom stereocenters. The minimum atomic E-state index is -4.41. The van der Waals surface area contributed by atoms with E-state index in [1.165, 1.54) is 12.1 Å². The van der Waals surface area contributed by atoms with Gasteiger partial charge in [0.1, 0.15) is 5.75 Å². The molecule has 2 aromatic carbocycles. The van der Waals surface area contributed by atoms with E-state index >= 15 is 0 Å². The normalized spacial score (nSPS) is 15.2.